The predicted molar refractivity (Wildman–Crippen MR) is 86.3 cm³/mol. The van der Waals surface area contributed by atoms with E-state index >= 15 is 0 Å². The highest BCUT2D eigenvalue weighted by molar-refractivity contribution is 7.88. The van der Waals surface area contributed by atoms with Crippen molar-refractivity contribution >= 4 is 16.8 Å². The Balaban J connectivity index is 2.65. The zero-order chi connectivity index (χ0) is 15.9. The standard InChI is InChI=1S/C17H22O3S/c1-14-7-9-15(10-8-14)21(19)13-12-17(2,3)11-5-6-16(18)20-4/h5-10,12-13H,11H2,1-4H3/b6-5-,13-12+/t21-/m1/s1. The molecule has 1 aromatic rings. The molecule has 0 heterocycles. The zero-order valence-electron chi connectivity index (χ0n) is 13.0. The zero-order valence-corrected chi connectivity index (χ0v) is 13.8. The van der Waals surface area contributed by atoms with Crippen molar-refractivity contribution in [2.75, 3.05) is 7.11 Å². The first kappa shape index (κ1) is 17.4. The summed E-state index contributed by atoms with van der Waals surface area (Å²) in [5.41, 5.74) is 0.971. The summed E-state index contributed by atoms with van der Waals surface area (Å²) in [6.45, 7) is 6.05. The summed E-state index contributed by atoms with van der Waals surface area (Å²) in [4.78, 5) is 11.8. The third-order valence-corrected chi connectivity index (χ3v) is 4.12. The van der Waals surface area contributed by atoms with Crippen LogP contribution < -0.4 is 0 Å². The second-order valence-electron chi connectivity index (χ2n) is 5.53. The van der Waals surface area contributed by atoms with Gasteiger partial charge >= 0.3 is 5.97 Å². The molecule has 21 heavy (non-hydrogen) atoms. The maximum atomic E-state index is 12.2. The van der Waals surface area contributed by atoms with Crippen molar-refractivity contribution in [3.05, 3.63) is 53.5 Å². The second-order valence-corrected chi connectivity index (χ2v) is 6.87. The lowest BCUT2D eigenvalue weighted by atomic mass is 9.89. The van der Waals surface area contributed by atoms with E-state index in [0.717, 1.165) is 10.5 Å². The SMILES string of the molecule is COC(=O)/C=C\CC(C)(C)/C=C/[S@@](=O)c1ccc(C)cc1. The van der Waals surface area contributed by atoms with Crippen LogP contribution in [0.15, 0.2) is 52.8 Å². The summed E-state index contributed by atoms with van der Waals surface area (Å²) in [6, 6.07) is 7.65. The molecule has 4 heteroatoms. The molecule has 114 valence electrons. The molecule has 0 aromatic heterocycles. The van der Waals surface area contributed by atoms with Gasteiger partial charge in [-0.15, -0.1) is 0 Å². The molecule has 1 aromatic carbocycles. The van der Waals surface area contributed by atoms with Gasteiger partial charge in [-0.3, -0.25) is 0 Å². The summed E-state index contributed by atoms with van der Waals surface area (Å²) >= 11 is 0. The number of benzene rings is 1. The van der Waals surface area contributed by atoms with E-state index in [1.807, 2.05) is 51.1 Å². The van der Waals surface area contributed by atoms with Gasteiger partial charge in [-0.25, -0.2) is 9.00 Å². The van der Waals surface area contributed by atoms with Crippen LogP contribution in [0.5, 0.6) is 0 Å². The third kappa shape index (κ3) is 6.54. The van der Waals surface area contributed by atoms with Gasteiger partial charge in [0.25, 0.3) is 0 Å². The van der Waals surface area contributed by atoms with Crippen LogP contribution in [0.25, 0.3) is 0 Å². The van der Waals surface area contributed by atoms with Crippen molar-refractivity contribution < 1.29 is 13.7 Å². The van der Waals surface area contributed by atoms with E-state index in [2.05, 4.69) is 4.74 Å². The molecule has 0 aliphatic carbocycles. The van der Waals surface area contributed by atoms with E-state index in [1.54, 1.807) is 11.5 Å². The maximum absolute atomic E-state index is 12.2. The minimum absolute atomic E-state index is 0.176. The first-order valence-corrected chi connectivity index (χ1v) is 7.96. The van der Waals surface area contributed by atoms with Crippen molar-refractivity contribution in [1.29, 1.82) is 0 Å². The number of allylic oxidation sites excluding steroid dienone is 2. The van der Waals surface area contributed by atoms with E-state index in [-0.39, 0.29) is 11.4 Å². The Morgan fingerprint density at radius 3 is 2.48 bits per heavy atom. The number of carbonyl (C=O) groups is 1. The molecule has 0 aliphatic heterocycles. The lowest BCUT2D eigenvalue weighted by Gasteiger charge is -2.17. The van der Waals surface area contributed by atoms with Crippen LogP contribution in [-0.4, -0.2) is 17.3 Å². The first-order valence-electron chi connectivity index (χ1n) is 6.75. The Labute approximate surface area is 129 Å². The molecule has 0 bridgehead atoms. The van der Waals surface area contributed by atoms with Gasteiger partial charge in [-0.1, -0.05) is 43.7 Å². The molecule has 1 atom stereocenters. The molecule has 0 saturated heterocycles. The van der Waals surface area contributed by atoms with Crippen molar-refractivity contribution in [3.8, 4) is 0 Å². The lowest BCUT2D eigenvalue weighted by molar-refractivity contribution is -0.134. The number of methoxy groups -OCH3 is 1. The van der Waals surface area contributed by atoms with Crippen LogP contribution in [0.3, 0.4) is 0 Å². The monoisotopic (exact) mass is 306 g/mol. The van der Waals surface area contributed by atoms with Crippen molar-refractivity contribution in [3.63, 3.8) is 0 Å². The van der Waals surface area contributed by atoms with Gasteiger partial charge in [-0.2, -0.15) is 0 Å². The fourth-order valence-corrected chi connectivity index (χ4v) is 2.65. The van der Waals surface area contributed by atoms with Crippen molar-refractivity contribution in [2.45, 2.75) is 32.1 Å². The molecule has 0 N–H and O–H groups in total. The number of hydrogen-bond acceptors (Lipinski definition) is 3. The van der Waals surface area contributed by atoms with Crippen LogP contribution in [0.4, 0.5) is 0 Å². The van der Waals surface area contributed by atoms with Crippen LogP contribution in [0, 0.1) is 12.3 Å². The Kier molecular flexibility index (Phi) is 6.56. The van der Waals surface area contributed by atoms with E-state index in [9.17, 15) is 9.00 Å². The second kappa shape index (κ2) is 7.93. The minimum Gasteiger partial charge on any atom is -0.466 e. The average Bonchev–Trinajstić information content (AvgIpc) is 2.45. The first-order chi connectivity index (χ1) is 9.84. The molecule has 0 radical (unpaired) electrons. The van der Waals surface area contributed by atoms with Crippen LogP contribution in [0.1, 0.15) is 25.8 Å². The summed E-state index contributed by atoms with van der Waals surface area (Å²) in [6.07, 6.45) is 5.77. The number of esters is 1. The summed E-state index contributed by atoms with van der Waals surface area (Å²) < 4.78 is 16.7. The summed E-state index contributed by atoms with van der Waals surface area (Å²) in [5.74, 6) is -0.363. The van der Waals surface area contributed by atoms with Crippen LogP contribution in [0.2, 0.25) is 0 Å². The Morgan fingerprint density at radius 2 is 1.90 bits per heavy atom. The molecule has 1 rings (SSSR count). The number of rotatable bonds is 6. The topological polar surface area (TPSA) is 43.4 Å². The molecular formula is C17H22O3S. The average molecular weight is 306 g/mol. The fraction of sp³-hybridized carbons (Fsp3) is 0.353. The van der Waals surface area contributed by atoms with Gasteiger partial charge < -0.3 is 4.74 Å². The molecule has 0 unspecified atom stereocenters. The Hall–Kier alpha value is -1.68. The van der Waals surface area contributed by atoms with Crippen LogP contribution in [-0.2, 0) is 20.3 Å². The normalized spacial score (nSPS) is 13.7. The minimum atomic E-state index is -1.15. The molecule has 0 saturated carbocycles. The highest BCUT2D eigenvalue weighted by atomic mass is 32.2. The lowest BCUT2D eigenvalue weighted by Crippen LogP contribution is -2.06. The summed E-state index contributed by atoms with van der Waals surface area (Å²) in [5, 5.41) is 1.71. The molecular weight excluding hydrogens is 284 g/mol. The molecule has 0 fully saturated rings. The van der Waals surface area contributed by atoms with Gasteiger partial charge in [-0.05, 0) is 30.9 Å². The van der Waals surface area contributed by atoms with E-state index in [1.165, 1.54) is 13.2 Å². The van der Waals surface area contributed by atoms with Gasteiger partial charge in [0, 0.05) is 16.4 Å². The summed E-state index contributed by atoms with van der Waals surface area (Å²) in [7, 11) is 0.199. The molecule has 0 aliphatic rings. The smallest absolute Gasteiger partial charge is 0.330 e. The quantitative estimate of drug-likeness (QED) is 0.593. The molecule has 0 amide bonds. The number of hydrogen-bond donors (Lipinski definition) is 0. The predicted octanol–water partition coefficient (Wildman–Crippen LogP) is 3.76. The van der Waals surface area contributed by atoms with Crippen LogP contribution >= 0.6 is 0 Å². The fourth-order valence-electron chi connectivity index (χ4n) is 1.59. The van der Waals surface area contributed by atoms with E-state index in [4.69, 9.17) is 0 Å². The third-order valence-electron chi connectivity index (χ3n) is 3.00. The van der Waals surface area contributed by atoms with Crippen molar-refractivity contribution in [1.82, 2.24) is 0 Å². The molecule has 0 spiro atoms. The highest BCUT2D eigenvalue weighted by Gasteiger charge is 2.12. The Bertz CT molecular complexity index is 554. The Morgan fingerprint density at radius 1 is 1.29 bits per heavy atom. The van der Waals surface area contributed by atoms with E-state index in [0.29, 0.717) is 6.42 Å². The molecule has 3 nitrogen and oxygen atoms in total. The van der Waals surface area contributed by atoms with Gasteiger partial charge in [0.05, 0.1) is 17.9 Å². The highest BCUT2D eigenvalue weighted by Crippen LogP contribution is 2.23. The van der Waals surface area contributed by atoms with Crippen molar-refractivity contribution in [2.24, 2.45) is 5.41 Å². The number of ether oxygens (including phenoxy) is 1. The van der Waals surface area contributed by atoms with E-state index < -0.39 is 10.8 Å². The van der Waals surface area contributed by atoms with Gasteiger partial charge in [0.2, 0.25) is 0 Å². The largest absolute Gasteiger partial charge is 0.466 e. The van der Waals surface area contributed by atoms with Gasteiger partial charge in [0.15, 0.2) is 0 Å². The number of carbonyl (C=O) groups excluding carboxylic acids is 1. The maximum Gasteiger partial charge on any atom is 0.330 e. The number of aryl methyl sites for hydroxylation is 1. The van der Waals surface area contributed by atoms with Gasteiger partial charge in [0.1, 0.15) is 0 Å².